The number of hydrogen-bond donors (Lipinski definition) is 1. The zero-order valence-corrected chi connectivity index (χ0v) is 19.6. The quantitative estimate of drug-likeness (QED) is 0.573. The predicted molar refractivity (Wildman–Crippen MR) is 135 cm³/mol. The maximum atomic E-state index is 12.1. The molecule has 0 bridgehead atoms. The van der Waals surface area contributed by atoms with E-state index in [4.69, 9.17) is 4.98 Å². The number of benzene rings is 2. The lowest BCUT2D eigenvalue weighted by Gasteiger charge is -2.35. The van der Waals surface area contributed by atoms with Crippen molar-refractivity contribution in [3.8, 4) is 0 Å². The van der Waals surface area contributed by atoms with E-state index in [-0.39, 0.29) is 5.91 Å². The molecule has 2 aromatic carbocycles. The molecule has 32 heavy (non-hydrogen) atoms. The van der Waals surface area contributed by atoms with Crippen molar-refractivity contribution in [2.24, 2.45) is 0 Å². The summed E-state index contributed by atoms with van der Waals surface area (Å²) < 4.78 is 0. The van der Waals surface area contributed by atoms with Crippen LogP contribution in [0.3, 0.4) is 0 Å². The van der Waals surface area contributed by atoms with Crippen molar-refractivity contribution in [2.45, 2.75) is 27.7 Å². The summed E-state index contributed by atoms with van der Waals surface area (Å²) in [6.45, 7) is 13.3. The van der Waals surface area contributed by atoms with E-state index >= 15 is 0 Å². The highest BCUT2D eigenvalue weighted by Crippen LogP contribution is 2.26. The molecule has 0 unspecified atom stereocenters. The van der Waals surface area contributed by atoms with E-state index in [0.717, 1.165) is 55.1 Å². The van der Waals surface area contributed by atoms with Crippen LogP contribution in [0.15, 0.2) is 72.3 Å². The van der Waals surface area contributed by atoms with E-state index in [2.05, 4.69) is 35.0 Å². The van der Waals surface area contributed by atoms with Crippen molar-refractivity contribution in [3.05, 3.63) is 77.9 Å². The van der Waals surface area contributed by atoms with Crippen LogP contribution in [0.5, 0.6) is 0 Å². The van der Waals surface area contributed by atoms with Crippen LogP contribution in [0.1, 0.15) is 26.3 Å². The number of likely N-dealkylation sites (N-methyl/N-ethyl adjacent to an activating group) is 1. The Morgan fingerprint density at radius 2 is 1.66 bits per heavy atom. The second kappa shape index (κ2) is 11.4. The molecule has 1 aliphatic rings. The summed E-state index contributed by atoms with van der Waals surface area (Å²) in [5, 5.41) is 4.03. The van der Waals surface area contributed by atoms with Gasteiger partial charge in [0.1, 0.15) is 5.82 Å². The molecule has 1 aliphatic heterocycles. The Morgan fingerprint density at radius 1 is 1.03 bits per heavy atom. The third-order valence-corrected chi connectivity index (χ3v) is 5.86. The number of aromatic nitrogens is 1. The number of aryl methyl sites for hydroxylation is 1. The molecule has 3 aromatic rings. The Morgan fingerprint density at radius 3 is 2.22 bits per heavy atom. The number of carbonyl (C=O) groups excluding carboxylic acids is 1. The minimum Gasteiger partial charge on any atom is -0.354 e. The van der Waals surface area contributed by atoms with E-state index in [1.165, 1.54) is 5.56 Å². The molecule has 0 aliphatic carbocycles. The average Bonchev–Trinajstić information content (AvgIpc) is 2.85. The molecule has 0 saturated carbocycles. The van der Waals surface area contributed by atoms with Crippen LogP contribution in [0.25, 0.3) is 10.9 Å². The largest absolute Gasteiger partial charge is 0.354 e. The number of carbonyl (C=O) groups is 1. The minimum atomic E-state index is -0.0668. The second-order valence-corrected chi connectivity index (χ2v) is 8.03. The molecule has 168 valence electrons. The van der Waals surface area contributed by atoms with Gasteiger partial charge >= 0.3 is 0 Å². The average molecular weight is 431 g/mol. The zero-order valence-electron chi connectivity index (χ0n) is 19.6. The van der Waals surface area contributed by atoms with Gasteiger partial charge in [-0.2, -0.15) is 0 Å². The standard InChI is InChI=1S/C21H28N4O.C6H6/c1-5-15(3)21(26)22-17-7-8-19-18(14-17)16(4)13-20(23-19)25-11-9-24(6-2)10-12-25;1-2-4-6-5-3-1/h5,7-8,13-14H,6,9-12H2,1-4H3,(H,22,26);1-6H/b15-5+;. The number of anilines is 2. The van der Waals surface area contributed by atoms with Crippen LogP contribution >= 0.6 is 0 Å². The van der Waals surface area contributed by atoms with Gasteiger partial charge in [0.05, 0.1) is 5.52 Å². The highest BCUT2D eigenvalue weighted by Gasteiger charge is 2.18. The topological polar surface area (TPSA) is 48.5 Å². The van der Waals surface area contributed by atoms with Gasteiger partial charge in [-0.25, -0.2) is 4.98 Å². The fraction of sp³-hybridized carbons (Fsp3) is 0.333. The molecule has 2 heterocycles. The van der Waals surface area contributed by atoms with E-state index in [1.54, 1.807) is 0 Å². The van der Waals surface area contributed by atoms with Gasteiger partial charge in [-0.15, -0.1) is 0 Å². The van der Waals surface area contributed by atoms with Gasteiger partial charge in [-0.1, -0.05) is 49.4 Å². The number of fused-ring (bicyclic) bond motifs is 1. The van der Waals surface area contributed by atoms with Gasteiger partial charge in [0.2, 0.25) is 0 Å². The number of piperazine rings is 1. The highest BCUT2D eigenvalue weighted by atomic mass is 16.1. The Hall–Kier alpha value is -3.18. The van der Waals surface area contributed by atoms with Crippen LogP contribution in [-0.4, -0.2) is 48.5 Å². The summed E-state index contributed by atoms with van der Waals surface area (Å²) in [4.78, 5) is 21.8. The number of allylic oxidation sites excluding steroid dienone is 1. The molecule has 1 N–H and O–H groups in total. The monoisotopic (exact) mass is 430 g/mol. The van der Waals surface area contributed by atoms with Gasteiger partial charge in [-0.05, 0) is 57.1 Å². The SMILES string of the molecule is C/C=C(\C)C(=O)Nc1ccc2nc(N3CCN(CC)CC3)cc(C)c2c1.c1ccccc1. The summed E-state index contributed by atoms with van der Waals surface area (Å²) in [6, 6.07) is 20.1. The lowest BCUT2D eigenvalue weighted by atomic mass is 10.1. The molecule has 1 aromatic heterocycles. The van der Waals surface area contributed by atoms with E-state index in [1.807, 2.05) is 74.5 Å². The molecule has 1 fully saturated rings. The number of nitrogens with one attached hydrogen (secondary N) is 1. The lowest BCUT2D eigenvalue weighted by Crippen LogP contribution is -2.46. The summed E-state index contributed by atoms with van der Waals surface area (Å²) in [6.07, 6.45) is 1.81. The van der Waals surface area contributed by atoms with Crippen LogP contribution in [-0.2, 0) is 4.79 Å². The fourth-order valence-corrected chi connectivity index (χ4v) is 3.66. The van der Waals surface area contributed by atoms with Crippen molar-refractivity contribution >= 4 is 28.3 Å². The molecular formula is C27H34N4O. The first-order valence-corrected chi connectivity index (χ1v) is 11.3. The number of hydrogen-bond acceptors (Lipinski definition) is 4. The normalized spacial score (nSPS) is 14.6. The third-order valence-electron chi connectivity index (χ3n) is 5.86. The molecular weight excluding hydrogens is 396 g/mol. The molecule has 1 saturated heterocycles. The number of nitrogens with zero attached hydrogens (tertiary/aromatic N) is 3. The third kappa shape index (κ3) is 6.17. The Labute approximate surface area is 191 Å². The van der Waals surface area contributed by atoms with E-state index in [9.17, 15) is 4.79 Å². The van der Waals surface area contributed by atoms with Gasteiger partial charge < -0.3 is 15.1 Å². The van der Waals surface area contributed by atoms with Crippen molar-refractivity contribution in [3.63, 3.8) is 0 Å². The first-order chi connectivity index (χ1) is 15.5. The molecule has 5 nitrogen and oxygen atoms in total. The van der Waals surface area contributed by atoms with E-state index < -0.39 is 0 Å². The minimum absolute atomic E-state index is 0.0668. The van der Waals surface area contributed by atoms with Crippen molar-refractivity contribution in [1.29, 1.82) is 0 Å². The molecule has 0 radical (unpaired) electrons. The summed E-state index contributed by atoms with van der Waals surface area (Å²) in [5.74, 6) is 0.982. The molecule has 0 spiro atoms. The second-order valence-electron chi connectivity index (χ2n) is 8.03. The molecule has 0 atom stereocenters. The van der Waals surface area contributed by atoms with Gasteiger partial charge in [0.25, 0.3) is 5.91 Å². The summed E-state index contributed by atoms with van der Waals surface area (Å²) in [5.41, 5.74) is 3.67. The van der Waals surface area contributed by atoms with E-state index in [0.29, 0.717) is 5.57 Å². The molecule has 4 rings (SSSR count). The first kappa shape index (κ1) is 23.5. The van der Waals surface area contributed by atoms with Crippen molar-refractivity contribution in [2.75, 3.05) is 42.9 Å². The highest BCUT2D eigenvalue weighted by molar-refractivity contribution is 6.04. The summed E-state index contributed by atoms with van der Waals surface area (Å²) >= 11 is 0. The molecule has 5 heteroatoms. The number of rotatable bonds is 4. The maximum absolute atomic E-state index is 12.1. The molecule has 1 amide bonds. The Bertz CT molecular complexity index is 1030. The van der Waals surface area contributed by atoms with Gasteiger partial charge in [0, 0.05) is 42.8 Å². The summed E-state index contributed by atoms with van der Waals surface area (Å²) in [7, 11) is 0. The first-order valence-electron chi connectivity index (χ1n) is 11.3. The number of amides is 1. The predicted octanol–water partition coefficient (Wildman–Crippen LogP) is 5.28. The van der Waals surface area contributed by atoms with Gasteiger partial charge in [0.15, 0.2) is 0 Å². The van der Waals surface area contributed by atoms with Gasteiger partial charge in [-0.3, -0.25) is 4.79 Å². The van der Waals surface area contributed by atoms with Crippen LogP contribution in [0.2, 0.25) is 0 Å². The smallest absolute Gasteiger partial charge is 0.250 e. The lowest BCUT2D eigenvalue weighted by molar-refractivity contribution is -0.112. The van der Waals surface area contributed by atoms with Crippen molar-refractivity contribution in [1.82, 2.24) is 9.88 Å². The van der Waals surface area contributed by atoms with Crippen LogP contribution < -0.4 is 10.2 Å². The number of pyridine rings is 1. The zero-order chi connectivity index (χ0) is 22.9. The Kier molecular flexibility index (Phi) is 8.40. The van der Waals surface area contributed by atoms with Crippen LogP contribution in [0, 0.1) is 6.92 Å². The van der Waals surface area contributed by atoms with Crippen LogP contribution in [0.4, 0.5) is 11.5 Å². The Balaban J connectivity index is 0.000000416. The fourth-order valence-electron chi connectivity index (χ4n) is 3.66. The van der Waals surface area contributed by atoms with Crippen molar-refractivity contribution < 1.29 is 4.79 Å². The maximum Gasteiger partial charge on any atom is 0.250 e.